The highest BCUT2D eigenvalue weighted by molar-refractivity contribution is 7.17. The standard InChI is InChI=1S/C26H30N2O4S.C25H28N2O4S/c1-16-21(33-23(28-16)18-9-11-19(12-10-18)25(2,3)4)22(29)27-15-17-7-13-20(14-8-17)32-26(5,6)24(30)31;1-15(2)18-8-10-19(11-9-18)23-27-16(3)21(32-23)22(28)26-14-17-6-12-20(13-7-17)31-25(4,5)24(29)30/h7-14H,15H2,1-6H3,(H,27,29)(H,30,31);6-13,15H,14H2,1-5H3,(H,26,28)(H,29,30). The van der Waals surface area contributed by atoms with Gasteiger partial charge in [0.1, 0.15) is 31.3 Å². The Morgan fingerprint density at radius 1 is 0.569 bits per heavy atom. The molecule has 6 aromatic rings. The average Bonchev–Trinajstić information content (AvgIpc) is 3.85. The predicted molar refractivity (Wildman–Crippen MR) is 257 cm³/mol. The van der Waals surface area contributed by atoms with E-state index in [1.54, 1.807) is 48.5 Å². The van der Waals surface area contributed by atoms with Gasteiger partial charge in [-0.2, -0.15) is 0 Å². The van der Waals surface area contributed by atoms with Gasteiger partial charge in [0.2, 0.25) is 0 Å². The fourth-order valence-electron chi connectivity index (χ4n) is 6.14. The summed E-state index contributed by atoms with van der Waals surface area (Å²) in [6.07, 6.45) is 0. The highest BCUT2D eigenvalue weighted by atomic mass is 32.1. The number of aromatic nitrogens is 2. The monoisotopic (exact) mass is 918 g/mol. The van der Waals surface area contributed by atoms with E-state index in [1.165, 1.54) is 61.5 Å². The number of hydrogen-bond acceptors (Lipinski definition) is 10. The molecule has 4 N–H and O–H groups in total. The van der Waals surface area contributed by atoms with E-state index in [2.05, 4.69) is 91.6 Å². The SMILES string of the molecule is Cc1nc(-c2ccc(C(C)(C)C)cc2)sc1C(=O)NCc1ccc(OC(C)(C)C(=O)O)cc1.Cc1nc(-c2ccc(C(C)C)cc2)sc1C(=O)NCc1ccc(OC(C)(C)C(=O)O)cc1. The zero-order valence-corrected chi connectivity index (χ0v) is 40.4. The van der Waals surface area contributed by atoms with E-state index in [1.807, 2.05) is 26.0 Å². The summed E-state index contributed by atoms with van der Waals surface area (Å²) in [5.41, 5.74) is 5.13. The van der Waals surface area contributed by atoms with Crippen molar-refractivity contribution in [3.8, 4) is 32.6 Å². The predicted octanol–water partition coefficient (Wildman–Crippen LogP) is 11.0. The number of thiazole rings is 2. The number of hydrogen-bond donors (Lipinski definition) is 4. The molecule has 14 heteroatoms. The average molecular weight is 919 g/mol. The van der Waals surface area contributed by atoms with E-state index in [9.17, 15) is 24.3 Å². The maximum absolute atomic E-state index is 12.8. The zero-order chi connectivity index (χ0) is 47.9. The molecule has 2 amide bonds. The lowest BCUT2D eigenvalue weighted by atomic mass is 9.87. The number of aliphatic carboxylic acids is 2. The Hall–Kier alpha value is -6.38. The number of aryl methyl sites for hydroxylation is 2. The molecule has 0 spiro atoms. The summed E-state index contributed by atoms with van der Waals surface area (Å²) in [5.74, 6) is -1.04. The molecule has 342 valence electrons. The Bertz CT molecular complexity index is 2600. The number of rotatable bonds is 15. The van der Waals surface area contributed by atoms with Crippen molar-refractivity contribution in [2.45, 2.75) is 112 Å². The lowest BCUT2D eigenvalue weighted by Crippen LogP contribution is -2.37. The second kappa shape index (κ2) is 20.6. The summed E-state index contributed by atoms with van der Waals surface area (Å²) in [7, 11) is 0. The molecule has 0 aliphatic rings. The number of carbonyl (C=O) groups is 4. The van der Waals surface area contributed by atoms with Crippen LogP contribution in [0.4, 0.5) is 0 Å². The van der Waals surface area contributed by atoms with Crippen molar-refractivity contribution in [2.24, 2.45) is 0 Å². The van der Waals surface area contributed by atoms with Crippen LogP contribution in [0.5, 0.6) is 11.5 Å². The van der Waals surface area contributed by atoms with E-state index in [4.69, 9.17) is 14.6 Å². The van der Waals surface area contributed by atoms with Crippen LogP contribution in [0, 0.1) is 13.8 Å². The third kappa shape index (κ3) is 13.3. The van der Waals surface area contributed by atoms with Crippen molar-refractivity contribution in [3.05, 3.63) is 140 Å². The normalized spacial score (nSPS) is 11.6. The quantitative estimate of drug-likeness (QED) is 0.0775. The molecule has 65 heavy (non-hydrogen) atoms. The van der Waals surface area contributed by atoms with Crippen LogP contribution in [0.3, 0.4) is 0 Å². The van der Waals surface area contributed by atoms with E-state index in [-0.39, 0.29) is 17.2 Å². The van der Waals surface area contributed by atoms with Gasteiger partial charge in [0.15, 0.2) is 11.2 Å². The van der Waals surface area contributed by atoms with E-state index in [0.717, 1.165) is 32.3 Å². The minimum Gasteiger partial charge on any atom is -0.478 e. The lowest BCUT2D eigenvalue weighted by molar-refractivity contribution is -0.152. The Kier molecular flexibility index (Phi) is 15.8. The van der Waals surface area contributed by atoms with Crippen molar-refractivity contribution in [3.63, 3.8) is 0 Å². The Morgan fingerprint density at radius 2 is 0.923 bits per heavy atom. The van der Waals surface area contributed by atoms with Crippen LogP contribution in [0.2, 0.25) is 0 Å². The number of amides is 2. The molecule has 0 radical (unpaired) electrons. The molecule has 0 aliphatic heterocycles. The summed E-state index contributed by atoms with van der Waals surface area (Å²) in [6.45, 7) is 21.2. The molecule has 0 unspecified atom stereocenters. The molecule has 2 aromatic heterocycles. The Balaban J connectivity index is 0.000000244. The number of benzene rings is 4. The molecule has 4 aromatic carbocycles. The lowest BCUT2D eigenvalue weighted by Gasteiger charge is -2.21. The van der Waals surface area contributed by atoms with Crippen LogP contribution in [0.1, 0.15) is 121 Å². The van der Waals surface area contributed by atoms with Gasteiger partial charge in [-0.15, -0.1) is 22.7 Å². The molecule has 0 aliphatic carbocycles. The maximum atomic E-state index is 12.8. The van der Waals surface area contributed by atoms with Crippen molar-refractivity contribution < 1.29 is 38.9 Å². The van der Waals surface area contributed by atoms with Gasteiger partial charge in [0.25, 0.3) is 11.8 Å². The zero-order valence-electron chi connectivity index (χ0n) is 38.8. The van der Waals surface area contributed by atoms with E-state index < -0.39 is 23.1 Å². The maximum Gasteiger partial charge on any atom is 0.347 e. The number of carboxylic acid groups (broad SMARTS) is 2. The fraction of sp³-hybridized carbons (Fsp3) is 0.333. The second-order valence-corrected chi connectivity index (χ2v) is 20.0. The van der Waals surface area contributed by atoms with E-state index in [0.29, 0.717) is 51.6 Å². The van der Waals surface area contributed by atoms with Gasteiger partial charge in [0.05, 0.1) is 11.4 Å². The van der Waals surface area contributed by atoms with Crippen LogP contribution in [0.25, 0.3) is 21.1 Å². The number of ether oxygens (including phenoxy) is 2. The minimum absolute atomic E-state index is 0.0825. The molecule has 0 bridgehead atoms. The molecule has 6 rings (SSSR count). The minimum atomic E-state index is -1.32. The fourth-order valence-corrected chi connectivity index (χ4v) is 8.11. The Morgan fingerprint density at radius 3 is 1.25 bits per heavy atom. The Labute approximate surface area is 389 Å². The summed E-state index contributed by atoms with van der Waals surface area (Å²) in [4.78, 5) is 58.3. The van der Waals surface area contributed by atoms with Crippen molar-refractivity contribution in [2.75, 3.05) is 0 Å². The van der Waals surface area contributed by atoms with Crippen LogP contribution < -0.4 is 20.1 Å². The van der Waals surface area contributed by atoms with E-state index >= 15 is 0 Å². The number of nitrogens with one attached hydrogen (secondary N) is 2. The topological polar surface area (TPSA) is 177 Å². The first-order valence-electron chi connectivity index (χ1n) is 21.2. The number of nitrogens with zero attached hydrogens (tertiary/aromatic N) is 2. The van der Waals surface area contributed by atoms with Crippen molar-refractivity contribution >= 4 is 46.4 Å². The van der Waals surface area contributed by atoms with Gasteiger partial charge >= 0.3 is 11.9 Å². The molecule has 0 saturated carbocycles. The van der Waals surface area contributed by atoms with Crippen molar-refractivity contribution in [1.82, 2.24) is 20.6 Å². The van der Waals surface area contributed by atoms with Crippen LogP contribution in [-0.4, -0.2) is 55.1 Å². The summed E-state index contributed by atoms with van der Waals surface area (Å²) in [5, 5.41) is 25.8. The van der Waals surface area contributed by atoms with Gasteiger partial charge in [-0.1, -0.05) is 107 Å². The smallest absolute Gasteiger partial charge is 0.347 e. The highest BCUT2D eigenvalue weighted by Gasteiger charge is 2.30. The van der Waals surface area contributed by atoms with Crippen LogP contribution >= 0.6 is 22.7 Å². The highest BCUT2D eigenvalue weighted by Crippen LogP contribution is 2.32. The van der Waals surface area contributed by atoms with Gasteiger partial charge in [-0.3, -0.25) is 9.59 Å². The number of carbonyl (C=O) groups excluding carboxylic acids is 2. The van der Waals surface area contributed by atoms with Gasteiger partial charge < -0.3 is 30.3 Å². The molecule has 0 saturated heterocycles. The third-order valence-corrected chi connectivity index (χ3v) is 12.8. The first-order valence-corrected chi connectivity index (χ1v) is 22.8. The molecule has 0 atom stereocenters. The summed E-state index contributed by atoms with van der Waals surface area (Å²) in [6, 6.07) is 30.6. The molecular weight excluding hydrogens is 861 g/mol. The molecular formula is C51H58N4O8S2. The first kappa shape index (κ1) is 49.6. The van der Waals surface area contributed by atoms with Gasteiger partial charge in [-0.25, -0.2) is 19.6 Å². The molecule has 0 fully saturated rings. The van der Waals surface area contributed by atoms with Crippen molar-refractivity contribution in [1.29, 1.82) is 0 Å². The third-order valence-electron chi connectivity index (χ3n) is 10.4. The molecule has 2 heterocycles. The van der Waals surface area contributed by atoms with Crippen LogP contribution in [0.15, 0.2) is 97.1 Å². The first-order chi connectivity index (χ1) is 30.4. The number of carboxylic acids is 2. The van der Waals surface area contributed by atoms with Gasteiger partial charge in [0, 0.05) is 24.2 Å². The summed E-state index contributed by atoms with van der Waals surface area (Å²) < 4.78 is 11.0. The molecule has 12 nitrogen and oxygen atoms in total. The van der Waals surface area contributed by atoms with Gasteiger partial charge in [-0.05, 0) is 99.4 Å². The second-order valence-electron chi connectivity index (χ2n) is 18.0. The van der Waals surface area contributed by atoms with Crippen LogP contribution in [-0.2, 0) is 28.1 Å². The largest absolute Gasteiger partial charge is 0.478 e. The summed E-state index contributed by atoms with van der Waals surface area (Å²) >= 11 is 2.76.